The van der Waals surface area contributed by atoms with Crippen LogP contribution < -0.4 is 5.32 Å². The predicted molar refractivity (Wildman–Crippen MR) is 161 cm³/mol. The number of aromatic nitrogens is 1. The lowest BCUT2D eigenvalue weighted by Crippen LogP contribution is -2.59. The standard InChI is InChI=1S/C35H37N3O3/c39-25-30-18-19-31(29-17-10-20-36-23-29)34(40)33(30)38(24-28-15-8-3-9-16-28)32(21-26-11-4-1-5-12-26)35(41)37-22-27-13-6-2-7-14-27/h1-20,23,30-34,39-40H,21-22,24-25H2,(H,37,41)/t30-,31-,32+,33-,34+/m0/s1. The highest BCUT2D eigenvalue weighted by atomic mass is 16.3. The lowest BCUT2D eigenvalue weighted by atomic mass is 9.77. The van der Waals surface area contributed by atoms with E-state index in [1.807, 2.05) is 115 Å². The van der Waals surface area contributed by atoms with Crippen LogP contribution in [0.15, 0.2) is 128 Å². The van der Waals surface area contributed by atoms with E-state index in [1.165, 1.54) is 0 Å². The molecule has 1 aliphatic rings. The van der Waals surface area contributed by atoms with Crippen LogP contribution in [0.4, 0.5) is 0 Å². The quantitative estimate of drug-likeness (QED) is 0.241. The number of amides is 1. The molecule has 0 unspecified atom stereocenters. The second-order valence-corrected chi connectivity index (χ2v) is 10.6. The Morgan fingerprint density at radius 1 is 0.829 bits per heavy atom. The van der Waals surface area contributed by atoms with E-state index in [-0.39, 0.29) is 24.3 Å². The fraction of sp³-hybridized carbons (Fsp3) is 0.257. The molecule has 3 aromatic carbocycles. The van der Waals surface area contributed by atoms with E-state index in [9.17, 15) is 15.0 Å². The fourth-order valence-electron chi connectivity index (χ4n) is 5.77. The number of nitrogens with zero attached hydrogens (tertiary/aromatic N) is 2. The Hall–Kier alpha value is -4.10. The van der Waals surface area contributed by atoms with Gasteiger partial charge in [-0.2, -0.15) is 0 Å². The van der Waals surface area contributed by atoms with E-state index < -0.39 is 18.2 Å². The van der Waals surface area contributed by atoms with Crippen molar-refractivity contribution in [2.45, 2.75) is 43.6 Å². The molecule has 0 saturated heterocycles. The van der Waals surface area contributed by atoms with Gasteiger partial charge in [-0.1, -0.05) is 109 Å². The summed E-state index contributed by atoms with van der Waals surface area (Å²) >= 11 is 0. The highest BCUT2D eigenvalue weighted by molar-refractivity contribution is 5.82. The number of hydrogen-bond donors (Lipinski definition) is 3. The zero-order valence-electron chi connectivity index (χ0n) is 23.0. The SMILES string of the molecule is O=C(NCc1ccccc1)[C@@H](Cc1ccccc1)N(Cc1ccccc1)[C@@H]1[C@H](O)[C@H](c2cccnc2)C=C[C@H]1CO. The maximum Gasteiger partial charge on any atom is 0.237 e. The fourth-order valence-corrected chi connectivity index (χ4v) is 5.77. The zero-order valence-corrected chi connectivity index (χ0v) is 23.0. The van der Waals surface area contributed by atoms with Crippen LogP contribution in [-0.2, 0) is 24.3 Å². The van der Waals surface area contributed by atoms with Gasteiger partial charge in [0.05, 0.1) is 18.8 Å². The van der Waals surface area contributed by atoms with Gasteiger partial charge in [0.2, 0.25) is 5.91 Å². The lowest BCUT2D eigenvalue weighted by Gasteiger charge is -2.46. The van der Waals surface area contributed by atoms with Gasteiger partial charge < -0.3 is 15.5 Å². The van der Waals surface area contributed by atoms with Gasteiger partial charge in [-0.15, -0.1) is 0 Å². The summed E-state index contributed by atoms with van der Waals surface area (Å²) in [6.45, 7) is 0.689. The molecule has 0 spiro atoms. The Bertz CT molecular complexity index is 1380. The first-order valence-corrected chi connectivity index (χ1v) is 14.2. The molecule has 1 aromatic heterocycles. The minimum absolute atomic E-state index is 0.120. The Labute approximate surface area is 242 Å². The number of nitrogens with one attached hydrogen (secondary N) is 1. The van der Waals surface area contributed by atoms with Gasteiger partial charge in [0.25, 0.3) is 0 Å². The lowest BCUT2D eigenvalue weighted by molar-refractivity contribution is -0.130. The molecule has 4 aromatic rings. The van der Waals surface area contributed by atoms with Crippen LogP contribution in [0.2, 0.25) is 0 Å². The molecule has 5 atom stereocenters. The molecular formula is C35H37N3O3. The number of hydrogen-bond acceptors (Lipinski definition) is 5. The molecule has 41 heavy (non-hydrogen) atoms. The maximum absolute atomic E-state index is 14.1. The van der Waals surface area contributed by atoms with Crippen molar-refractivity contribution in [3.63, 3.8) is 0 Å². The van der Waals surface area contributed by atoms with Gasteiger partial charge in [0.15, 0.2) is 0 Å². The Balaban J connectivity index is 1.54. The molecule has 1 aliphatic carbocycles. The average molecular weight is 548 g/mol. The highest BCUT2D eigenvalue weighted by Crippen LogP contribution is 2.36. The van der Waals surface area contributed by atoms with Crippen molar-refractivity contribution in [1.82, 2.24) is 15.2 Å². The van der Waals surface area contributed by atoms with Crippen molar-refractivity contribution in [2.75, 3.05) is 6.61 Å². The van der Waals surface area contributed by atoms with Gasteiger partial charge in [0, 0.05) is 43.4 Å². The van der Waals surface area contributed by atoms with Crippen LogP contribution in [0.1, 0.15) is 28.2 Å². The van der Waals surface area contributed by atoms with Crippen LogP contribution >= 0.6 is 0 Å². The van der Waals surface area contributed by atoms with E-state index in [0.717, 1.165) is 22.3 Å². The minimum Gasteiger partial charge on any atom is -0.396 e. The summed E-state index contributed by atoms with van der Waals surface area (Å²) in [6.07, 6.45) is 7.01. The monoisotopic (exact) mass is 547 g/mol. The predicted octanol–water partition coefficient (Wildman–Crippen LogP) is 4.50. The van der Waals surface area contributed by atoms with E-state index in [1.54, 1.807) is 12.4 Å². The normalized spacial score (nSPS) is 21.0. The van der Waals surface area contributed by atoms with Gasteiger partial charge in [-0.25, -0.2) is 0 Å². The molecule has 0 bridgehead atoms. The topological polar surface area (TPSA) is 85.7 Å². The van der Waals surface area contributed by atoms with Gasteiger partial charge >= 0.3 is 0 Å². The Morgan fingerprint density at radius 3 is 2.07 bits per heavy atom. The third-order valence-electron chi connectivity index (χ3n) is 7.88. The summed E-state index contributed by atoms with van der Waals surface area (Å²) in [6, 6.07) is 32.5. The summed E-state index contributed by atoms with van der Waals surface area (Å²) in [4.78, 5) is 20.5. The van der Waals surface area contributed by atoms with Crippen LogP contribution in [0.5, 0.6) is 0 Å². The van der Waals surface area contributed by atoms with Crippen molar-refractivity contribution in [3.8, 4) is 0 Å². The molecule has 0 fully saturated rings. The molecule has 1 heterocycles. The molecule has 6 heteroatoms. The smallest absolute Gasteiger partial charge is 0.237 e. The molecule has 210 valence electrons. The van der Waals surface area contributed by atoms with Gasteiger partial charge in [0.1, 0.15) is 0 Å². The second-order valence-electron chi connectivity index (χ2n) is 10.6. The van der Waals surface area contributed by atoms with Crippen molar-refractivity contribution >= 4 is 5.91 Å². The van der Waals surface area contributed by atoms with Crippen LogP contribution in [0.25, 0.3) is 0 Å². The number of benzene rings is 3. The summed E-state index contributed by atoms with van der Waals surface area (Å²) < 4.78 is 0. The van der Waals surface area contributed by atoms with Crippen molar-refractivity contribution < 1.29 is 15.0 Å². The van der Waals surface area contributed by atoms with Gasteiger partial charge in [-0.3, -0.25) is 14.7 Å². The van der Waals surface area contributed by atoms with Crippen molar-refractivity contribution in [3.05, 3.63) is 150 Å². The molecule has 6 nitrogen and oxygen atoms in total. The first-order valence-electron chi connectivity index (χ1n) is 14.2. The maximum atomic E-state index is 14.1. The zero-order chi connectivity index (χ0) is 28.4. The number of carbonyl (C=O) groups excluding carboxylic acids is 1. The molecule has 0 radical (unpaired) electrons. The minimum atomic E-state index is -0.870. The molecular weight excluding hydrogens is 510 g/mol. The van der Waals surface area contributed by atoms with Crippen molar-refractivity contribution in [1.29, 1.82) is 0 Å². The summed E-state index contributed by atoms with van der Waals surface area (Å²) in [7, 11) is 0. The molecule has 3 N–H and O–H groups in total. The molecule has 5 rings (SSSR count). The highest BCUT2D eigenvalue weighted by Gasteiger charge is 2.43. The van der Waals surface area contributed by atoms with Crippen LogP contribution in [0, 0.1) is 5.92 Å². The largest absolute Gasteiger partial charge is 0.396 e. The van der Waals surface area contributed by atoms with E-state index in [0.29, 0.717) is 19.5 Å². The van der Waals surface area contributed by atoms with Crippen LogP contribution in [0.3, 0.4) is 0 Å². The average Bonchev–Trinajstić information content (AvgIpc) is 3.03. The first-order chi connectivity index (χ1) is 20.1. The third-order valence-corrected chi connectivity index (χ3v) is 7.88. The molecule has 1 amide bonds. The third kappa shape index (κ3) is 7.16. The van der Waals surface area contributed by atoms with Gasteiger partial charge in [-0.05, 0) is 34.7 Å². The Morgan fingerprint density at radius 2 is 1.46 bits per heavy atom. The number of aliphatic hydroxyl groups is 2. The van der Waals surface area contributed by atoms with E-state index in [4.69, 9.17) is 0 Å². The summed E-state index contributed by atoms with van der Waals surface area (Å²) in [5.74, 6) is -0.800. The summed E-state index contributed by atoms with van der Waals surface area (Å²) in [5.41, 5.74) is 3.96. The molecule has 0 saturated carbocycles. The second kappa shape index (κ2) is 14.0. The number of rotatable bonds is 11. The molecule has 0 aliphatic heterocycles. The van der Waals surface area contributed by atoms with Crippen molar-refractivity contribution in [2.24, 2.45) is 5.92 Å². The Kier molecular flexibility index (Phi) is 9.70. The summed E-state index contributed by atoms with van der Waals surface area (Å²) in [5, 5.41) is 25.6. The number of carbonyl (C=O) groups is 1. The first kappa shape index (κ1) is 28.4. The van der Waals surface area contributed by atoms with E-state index in [2.05, 4.69) is 15.2 Å². The number of pyridine rings is 1. The number of aliphatic hydroxyl groups excluding tert-OH is 2. The van der Waals surface area contributed by atoms with Crippen LogP contribution in [-0.4, -0.2) is 50.8 Å². The van der Waals surface area contributed by atoms with E-state index >= 15 is 0 Å².